The summed E-state index contributed by atoms with van der Waals surface area (Å²) in [5.41, 5.74) is 3.73. The van der Waals surface area contributed by atoms with Gasteiger partial charge in [-0.15, -0.1) is 0 Å². The van der Waals surface area contributed by atoms with Crippen LogP contribution in [0.2, 0.25) is 0 Å². The largest absolute Gasteiger partial charge is 0.496 e. The van der Waals surface area contributed by atoms with Crippen molar-refractivity contribution < 1.29 is 19.1 Å². The zero-order chi connectivity index (χ0) is 19.7. The van der Waals surface area contributed by atoms with Crippen LogP contribution in [0.25, 0.3) is 5.57 Å². The Kier molecular flexibility index (Phi) is 4.53. The van der Waals surface area contributed by atoms with E-state index in [0.717, 1.165) is 11.1 Å². The van der Waals surface area contributed by atoms with Crippen LogP contribution in [-0.2, 0) is 0 Å². The molecule has 0 aliphatic heterocycles. The Morgan fingerprint density at radius 2 is 1.18 bits per heavy atom. The first-order valence-corrected chi connectivity index (χ1v) is 8.86. The van der Waals surface area contributed by atoms with E-state index in [1.54, 1.807) is 36.4 Å². The number of benzene rings is 3. The number of ether oxygens (including phenoxy) is 2. The van der Waals surface area contributed by atoms with Crippen molar-refractivity contribution >= 4 is 17.1 Å². The van der Waals surface area contributed by atoms with Crippen molar-refractivity contribution in [2.45, 2.75) is 0 Å². The number of allylic oxidation sites excluding steroid dienone is 1. The average molecular weight is 370 g/mol. The fourth-order valence-electron chi connectivity index (χ4n) is 3.57. The molecule has 0 spiro atoms. The van der Waals surface area contributed by atoms with Gasteiger partial charge in [0.05, 0.1) is 14.2 Å². The molecule has 0 bridgehead atoms. The van der Waals surface area contributed by atoms with Crippen molar-refractivity contribution in [1.82, 2.24) is 0 Å². The molecule has 0 amide bonds. The molecule has 0 aromatic heterocycles. The van der Waals surface area contributed by atoms with Crippen LogP contribution < -0.4 is 9.47 Å². The first kappa shape index (κ1) is 17.7. The fourth-order valence-corrected chi connectivity index (χ4v) is 3.57. The van der Waals surface area contributed by atoms with Gasteiger partial charge in [0.1, 0.15) is 17.1 Å². The van der Waals surface area contributed by atoms with Gasteiger partial charge in [-0.3, -0.25) is 9.59 Å². The van der Waals surface area contributed by atoms with Crippen LogP contribution in [0, 0.1) is 0 Å². The molecule has 0 unspecified atom stereocenters. The van der Waals surface area contributed by atoms with E-state index in [1.165, 1.54) is 14.2 Å². The van der Waals surface area contributed by atoms with Gasteiger partial charge in [-0.25, -0.2) is 0 Å². The lowest BCUT2D eigenvalue weighted by atomic mass is 9.80. The molecule has 0 radical (unpaired) electrons. The van der Waals surface area contributed by atoms with Gasteiger partial charge in [0.25, 0.3) is 0 Å². The maximum atomic E-state index is 13.3. The first-order chi connectivity index (χ1) is 13.7. The normalized spacial score (nSPS) is 12.1. The minimum atomic E-state index is -0.247. The summed E-state index contributed by atoms with van der Waals surface area (Å²) in [5, 5.41) is 0. The van der Waals surface area contributed by atoms with E-state index in [2.05, 4.69) is 0 Å². The van der Waals surface area contributed by atoms with E-state index in [0.29, 0.717) is 33.8 Å². The summed E-state index contributed by atoms with van der Waals surface area (Å²) in [7, 11) is 3.03. The summed E-state index contributed by atoms with van der Waals surface area (Å²) in [6.07, 6.45) is 1.56. The third kappa shape index (κ3) is 2.79. The van der Waals surface area contributed by atoms with Crippen LogP contribution in [0.3, 0.4) is 0 Å². The van der Waals surface area contributed by atoms with Crippen molar-refractivity contribution in [2.75, 3.05) is 14.2 Å². The standard InChI is InChI=1S/C24H18O4/c1-27-21-12-7-13-22(28-2)23(21)20(25)14-19-15-8-3-5-10-17(15)24(26)18-11-6-4-9-16(18)19/h3-14H,1-2H3. The lowest BCUT2D eigenvalue weighted by Crippen LogP contribution is -2.15. The molecule has 4 heteroatoms. The summed E-state index contributed by atoms with van der Waals surface area (Å²) in [5.74, 6) is 0.596. The summed E-state index contributed by atoms with van der Waals surface area (Å²) in [6, 6.07) is 19.9. The molecule has 1 aliphatic rings. The lowest BCUT2D eigenvalue weighted by molar-refractivity contribution is 0.102. The Morgan fingerprint density at radius 3 is 1.64 bits per heavy atom. The van der Waals surface area contributed by atoms with Gasteiger partial charge >= 0.3 is 0 Å². The van der Waals surface area contributed by atoms with Crippen LogP contribution in [0.4, 0.5) is 0 Å². The SMILES string of the molecule is COc1cccc(OC)c1C(=O)C=C1c2ccccc2C(=O)c2ccccc21. The van der Waals surface area contributed by atoms with Crippen molar-refractivity contribution in [3.8, 4) is 11.5 Å². The molecule has 0 saturated carbocycles. The van der Waals surface area contributed by atoms with Gasteiger partial charge in [0.15, 0.2) is 11.6 Å². The van der Waals surface area contributed by atoms with E-state index < -0.39 is 0 Å². The van der Waals surface area contributed by atoms with E-state index in [1.807, 2.05) is 36.4 Å². The molecule has 3 aromatic rings. The predicted octanol–water partition coefficient (Wildman–Crippen LogP) is 4.56. The Balaban J connectivity index is 1.93. The molecule has 0 atom stereocenters. The topological polar surface area (TPSA) is 52.6 Å². The van der Waals surface area contributed by atoms with Crippen molar-refractivity contribution in [3.05, 3.63) is 101 Å². The maximum absolute atomic E-state index is 13.3. The second-order valence-electron chi connectivity index (χ2n) is 6.38. The van der Waals surface area contributed by atoms with E-state index in [9.17, 15) is 9.59 Å². The monoisotopic (exact) mass is 370 g/mol. The molecular formula is C24H18O4. The Bertz CT molecular complexity index is 1050. The second-order valence-corrected chi connectivity index (χ2v) is 6.38. The number of carbonyl (C=O) groups excluding carboxylic acids is 2. The Morgan fingerprint density at radius 1 is 0.714 bits per heavy atom. The molecule has 1 aliphatic carbocycles. The number of methoxy groups -OCH3 is 2. The molecular weight excluding hydrogens is 352 g/mol. The zero-order valence-electron chi connectivity index (χ0n) is 15.6. The number of hydrogen-bond donors (Lipinski definition) is 0. The van der Waals surface area contributed by atoms with Crippen LogP contribution in [0.1, 0.15) is 37.4 Å². The molecule has 0 heterocycles. The fraction of sp³-hybridized carbons (Fsp3) is 0.0833. The number of hydrogen-bond acceptors (Lipinski definition) is 4. The average Bonchev–Trinajstić information content (AvgIpc) is 2.75. The van der Waals surface area contributed by atoms with Gasteiger partial charge in [-0.2, -0.15) is 0 Å². The summed E-state index contributed by atoms with van der Waals surface area (Å²) in [6.45, 7) is 0. The van der Waals surface area contributed by atoms with E-state index in [4.69, 9.17) is 9.47 Å². The lowest BCUT2D eigenvalue weighted by Gasteiger charge is -2.21. The van der Waals surface area contributed by atoms with Crippen LogP contribution >= 0.6 is 0 Å². The van der Waals surface area contributed by atoms with Crippen molar-refractivity contribution in [3.63, 3.8) is 0 Å². The highest BCUT2D eigenvalue weighted by molar-refractivity contribution is 6.22. The highest BCUT2D eigenvalue weighted by atomic mass is 16.5. The van der Waals surface area contributed by atoms with Crippen LogP contribution in [0.5, 0.6) is 11.5 Å². The van der Waals surface area contributed by atoms with Gasteiger partial charge in [0.2, 0.25) is 0 Å². The molecule has 0 fully saturated rings. The molecule has 0 saturated heterocycles. The van der Waals surface area contributed by atoms with Gasteiger partial charge < -0.3 is 9.47 Å². The summed E-state index contributed by atoms with van der Waals surface area (Å²) in [4.78, 5) is 26.1. The quantitative estimate of drug-likeness (QED) is 0.390. The Hall–Kier alpha value is -3.66. The van der Waals surface area contributed by atoms with Crippen molar-refractivity contribution in [2.24, 2.45) is 0 Å². The number of ketones is 2. The summed E-state index contributed by atoms with van der Waals surface area (Å²) < 4.78 is 10.7. The summed E-state index contributed by atoms with van der Waals surface area (Å²) >= 11 is 0. The minimum absolute atomic E-state index is 0.0364. The third-order valence-corrected chi connectivity index (χ3v) is 4.87. The predicted molar refractivity (Wildman–Crippen MR) is 107 cm³/mol. The van der Waals surface area contributed by atoms with E-state index in [-0.39, 0.29) is 11.6 Å². The molecule has 3 aromatic carbocycles. The van der Waals surface area contributed by atoms with Crippen molar-refractivity contribution in [1.29, 1.82) is 0 Å². The highest BCUT2D eigenvalue weighted by Gasteiger charge is 2.27. The van der Waals surface area contributed by atoms with Gasteiger partial charge in [0, 0.05) is 11.1 Å². The highest BCUT2D eigenvalue weighted by Crippen LogP contribution is 2.37. The minimum Gasteiger partial charge on any atom is -0.496 e. The molecule has 4 nitrogen and oxygen atoms in total. The Labute approximate surface area is 163 Å². The number of rotatable bonds is 4. The van der Waals surface area contributed by atoms with Crippen LogP contribution in [0.15, 0.2) is 72.8 Å². The molecule has 0 N–H and O–H groups in total. The smallest absolute Gasteiger partial charge is 0.194 e. The maximum Gasteiger partial charge on any atom is 0.194 e. The second kappa shape index (κ2) is 7.16. The van der Waals surface area contributed by atoms with Gasteiger partial charge in [-0.05, 0) is 34.9 Å². The number of carbonyl (C=O) groups is 2. The molecule has 138 valence electrons. The van der Waals surface area contributed by atoms with Crippen LogP contribution in [-0.4, -0.2) is 25.8 Å². The first-order valence-electron chi connectivity index (χ1n) is 8.86. The number of fused-ring (bicyclic) bond motifs is 2. The molecule has 28 heavy (non-hydrogen) atoms. The zero-order valence-corrected chi connectivity index (χ0v) is 15.6. The molecule has 4 rings (SSSR count). The van der Waals surface area contributed by atoms with E-state index >= 15 is 0 Å². The van der Waals surface area contributed by atoms with Gasteiger partial charge in [-0.1, -0.05) is 54.6 Å². The third-order valence-electron chi connectivity index (χ3n) is 4.87.